The van der Waals surface area contributed by atoms with Gasteiger partial charge in [-0.3, -0.25) is 0 Å². The summed E-state index contributed by atoms with van der Waals surface area (Å²) in [5.74, 6) is 0.586. The minimum Gasteiger partial charge on any atom is -0.378 e. The molecular formula is C21H23N5OS. The van der Waals surface area contributed by atoms with Crippen molar-refractivity contribution in [1.29, 1.82) is 0 Å². The summed E-state index contributed by atoms with van der Waals surface area (Å²) in [4.78, 5) is 12.4. The molecule has 0 unspecified atom stereocenters. The Labute approximate surface area is 169 Å². The van der Waals surface area contributed by atoms with Crippen molar-refractivity contribution in [2.24, 2.45) is 5.73 Å². The van der Waals surface area contributed by atoms with E-state index in [1.54, 1.807) is 18.0 Å². The molecule has 2 aromatic carbocycles. The van der Waals surface area contributed by atoms with Crippen molar-refractivity contribution in [2.45, 2.75) is 16.5 Å². The molecule has 0 amide bonds. The number of anilines is 3. The topological polar surface area (TPSA) is 76.3 Å². The number of nitrogens with one attached hydrogen (secondary N) is 1. The maximum Gasteiger partial charge on any atom is 0.228 e. The maximum atomic E-state index is 5.65. The van der Waals surface area contributed by atoms with Gasteiger partial charge in [-0.15, -0.1) is 0 Å². The second kappa shape index (κ2) is 9.05. The third-order valence-corrected chi connectivity index (χ3v) is 5.46. The number of nitrogens with two attached hydrogens (primary N) is 1. The fourth-order valence-corrected chi connectivity index (χ4v) is 3.75. The molecule has 2 heterocycles. The highest BCUT2D eigenvalue weighted by molar-refractivity contribution is 7.99. The molecule has 0 saturated carbocycles. The molecule has 144 valence electrons. The SMILES string of the molecule is NCc1ccc(Sc2ccnc(Nc3ccc(N4CCOCC4)cc3)n2)cc1. The molecule has 4 rings (SSSR count). The van der Waals surface area contributed by atoms with Gasteiger partial charge in [0, 0.05) is 42.1 Å². The van der Waals surface area contributed by atoms with Crippen LogP contribution in [0.4, 0.5) is 17.3 Å². The summed E-state index contributed by atoms with van der Waals surface area (Å²) in [6.45, 7) is 3.99. The average Bonchev–Trinajstić information content (AvgIpc) is 2.76. The van der Waals surface area contributed by atoms with E-state index in [4.69, 9.17) is 10.5 Å². The van der Waals surface area contributed by atoms with Crippen LogP contribution in [-0.2, 0) is 11.3 Å². The molecule has 1 aliphatic heterocycles. The number of rotatable bonds is 6. The number of hydrogen-bond donors (Lipinski definition) is 2. The van der Waals surface area contributed by atoms with Crippen LogP contribution in [0.25, 0.3) is 0 Å². The number of morpholine rings is 1. The first-order valence-corrected chi connectivity index (χ1v) is 10.1. The van der Waals surface area contributed by atoms with Gasteiger partial charge >= 0.3 is 0 Å². The Kier molecular flexibility index (Phi) is 6.06. The highest BCUT2D eigenvalue weighted by atomic mass is 32.2. The Balaban J connectivity index is 1.41. The lowest BCUT2D eigenvalue weighted by Crippen LogP contribution is -2.36. The van der Waals surface area contributed by atoms with Gasteiger partial charge in [0.1, 0.15) is 5.03 Å². The van der Waals surface area contributed by atoms with Crippen LogP contribution >= 0.6 is 11.8 Å². The van der Waals surface area contributed by atoms with Crippen LogP contribution in [0.15, 0.2) is 70.7 Å². The lowest BCUT2D eigenvalue weighted by atomic mass is 10.2. The molecule has 1 saturated heterocycles. The van der Waals surface area contributed by atoms with E-state index in [1.165, 1.54) is 5.69 Å². The number of hydrogen-bond acceptors (Lipinski definition) is 7. The van der Waals surface area contributed by atoms with E-state index in [0.717, 1.165) is 47.5 Å². The van der Waals surface area contributed by atoms with Crippen LogP contribution < -0.4 is 16.0 Å². The molecule has 28 heavy (non-hydrogen) atoms. The molecule has 0 aliphatic carbocycles. The zero-order valence-corrected chi connectivity index (χ0v) is 16.4. The van der Waals surface area contributed by atoms with E-state index < -0.39 is 0 Å². The second-order valence-electron chi connectivity index (χ2n) is 6.44. The van der Waals surface area contributed by atoms with Crippen LogP contribution in [0.2, 0.25) is 0 Å². The van der Waals surface area contributed by atoms with Crippen molar-refractivity contribution < 1.29 is 4.74 Å². The van der Waals surface area contributed by atoms with Gasteiger partial charge < -0.3 is 20.7 Å². The van der Waals surface area contributed by atoms with Gasteiger partial charge in [0.15, 0.2) is 0 Å². The van der Waals surface area contributed by atoms with Crippen LogP contribution in [0.3, 0.4) is 0 Å². The van der Waals surface area contributed by atoms with Gasteiger partial charge in [0.05, 0.1) is 13.2 Å². The summed E-state index contributed by atoms with van der Waals surface area (Å²) < 4.78 is 5.41. The molecule has 0 spiro atoms. The molecule has 1 aliphatic rings. The normalized spacial score (nSPS) is 14.1. The van der Waals surface area contributed by atoms with Crippen molar-refractivity contribution in [1.82, 2.24) is 9.97 Å². The van der Waals surface area contributed by atoms with Crippen LogP contribution in [-0.4, -0.2) is 36.3 Å². The predicted octanol–water partition coefficient (Wildman–Crippen LogP) is 3.67. The summed E-state index contributed by atoms with van der Waals surface area (Å²) in [6, 6.07) is 18.5. The Morgan fingerprint density at radius 3 is 2.46 bits per heavy atom. The van der Waals surface area contributed by atoms with Gasteiger partial charge in [-0.2, -0.15) is 0 Å². The predicted molar refractivity (Wildman–Crippen MR) is 113 cm³/mol. The molecule has 1 fully saturated rings. The molecule has 3 aromatic rings. The maximum absolute atomic E-state index is 5.65. The molecule has 7 heteroatoms. The number of benzene rings is 2. The van der Waals surface area contributed by atoms with E-state index in [-0.39, 0.29) is 0 Å². The zero-order valence-electron chi connectivity index (χ0n) is 15.5. The number of nitrogens with zero attached hydrogens (tertiary/aromatic N) is 3. The van der Waals surface area contributed by atoms with E-state index >= 15 is 0 Å². The van der Waals surface area contributed by atoms with E-state index in [1.807, 2.05) is 18.2 Å². The first-order chi connectivity index (χ1) is 13.8. The number of aromatic nitrogens is 2. The lowest BCUT2D eigenvalue weighted by Gasteiger charge is -2.28. The minimum atomic E-state index is 0.552. The van der Waals surface area contributed by atoms with Crippen molar-refractivity contribution in [3.05, 3.63) is 66.4 Å². The fourth-order valence-electron chi connectivity index (χ4n) is 2.98. The largest absolute Gasteiger partial charge is 0.378 e. The molecule has 0 radical (unpaired) electrons. The minimum absolute atomic E-state index is 0.552. The van der Waals surface area contributed by atoms with Crippen molar-refractivity contribution in [2.75, 3.05) is 36.5 Å². The second-order valence-corrected chi connectivity index (χ2v) is 7.53. The Morgan fingerprint density at radius 1 is 1.00 bits per heavy atom. The van der Waals surface area contributed by atoms with Crippen LogP contribution in [0.1, 0.15) is 5.56 Å². The summed E-state index contributed by atoms with van der Waals surface area (Å²) in [6.07, 6.45) is 1.77. The van der Waals surface area contributed by atoms with E-state index in [9.17, 15) is 0 Å². The monoisotopic (exact) mass is 393 g/mol. The van der Waals surface area contributed by atoms with Crippen molar-refractivity contribution in [3.63, 3.8) is 0 Å². The van der Waals surface area contributed by atoms with Crippen LogP contribution in [0.5, 0.6) is 0 Å². The lowest BCUT2D eigenvalue weighted by molar-refractivity contribution is 0.122. The Morgan fingerprint density at radius 2 is 1.75 bits per heavy atom. The van der Waals surface area contributed by atoms with Crippen LogP contribution in [0, 0.1) is 0 Å². The highest BCUT2D eigenvalue weighted by Gasteiger charge is 2.11. The summed E-state index contributed by atoms with van der Waals surface area (Å²) >= 11 is 1.60. The first-order valence-electron chi connectivity index (χ1n) is 9.30. The van der Waals surface area contributed by atoms with Crippen molar-refractivity contribution >= 4 is 29.1 Å². The third kappa shape index (κ3) is 4.81. The summed E-state index contributed by atoms with van der Waals surface area (Å²) in [5, 5.41) is 4.17. The molecule has 6 nitrogen and oxygen atoms in total. The standard InChI is InChI=1S/C21H23N5OS/c22-15-16-1-7-19(8-2-16)28-20-9-10-23-21(25-20)24-17-3-5-18(6-4-17)26-11-13-27-14-12-26/h1-10H,11-15,22H2,(H,23,24,25). The molecule has 0 bridgehead atoms. The Bertz CT molecular complexity index is 895. The van der Waals surface area contributed by atoms with Gasteiger partial charge in [-0.05, 0) is 48.0 Å². The third-order valence-electron chi connectivity index (χ3n) is 4.51. The van der Waals surface area contributed by atoms with Crippen molar-refractivity contribution in [3.8, 4) is 0 Å². The van der Waals surface area contributed by atoms with Gasteiger partial charge in [-0.25, -0.2) is 9.97 Å². The number of ether oxygens (including phenoxy) is 1. The molecule has 0 atom stereocenters. The fraction of sp³-hybridized carbons (Fsp3) is 0.238. The van der Waals surface area contributed by atoms with Gasteiger partial charge in [-0.1, -0.05) is 23.9 Å². The molecule has 3 N–H and O–H groups in total. The van der Waals surface area contributed by atoms with E-state index in [2.05, 4.69) is 56.6 Å². The molecular weight excluding hydrogens is 370 g/mol. The average molecular weight is 394 g/mol. The zero-order chi connectivity index (χ0) is 19.2. The smallest absolute Gasteiger partial charge is 0.228 e. The van der Waals surface area contributed by atoms with Gasteiger partial charge in [0.25, 0.3) is 0 Å². The molecule has 1 aromatic heterocycles. The Hall–Kier alpha value is -2.61. The quantitative estimate of drug-likeness (QED) is 0.619. The first kappa shape index (κ1) is 18.7. The van der Waals surface area contributed by atoms with E-state index in [0.29, 0.717) is 12.5 Å². The van der Waals surface area contributed by atoms with Gasteiger partial charge in [0.2, 0.25) is 5.95 Å². The highest BCUT2D eigenvalue weighted by Crippen LogP contribution is 2.27. The summed E-state index contributed by atoms with van der Waals surface area (Å²) in [7, 11) is 0. The summed E-state index contributed by atoms with van der Waals surface area (Å²) in [5.41, 5.74) is 8.95.